The first-order valence-corrected chi connectivity index (χ1v) is 12.0. The van der Waals surface area contributed by atoms with E-state index in [2.05, 4.69) is 20.3 Å². The zero-order valence-corrected chi connectivity index (χ0v) is 17.4. The molecule has 1 aliphatic heterocycles. The van der Waals surface area contributed by atoms with Gasteiger partial charge in [-0.15, -0.1) is 0 Å². The molecule has 0 aromatic heterocycles. The third-order valence-electron chi connectivity index (χ3n) is 6.10. The van der Waals surface area contributed by atoms with Crippen molar-refractivity contribution in [3.63, 3.8) is 0 Å². The molecule has 4 N–H and O–H groups in total. The number of aromatic hydroxyl groups is 1. The SMILES string of the molecule is O=C(Nc1cc(S(=O)(=O)NC2CC2)ccc1O)C(C1CCCC1)N1CCNCC1. The highest BCUT2D eigenvalue weighted by Crippen LogP contribution is 2.33. The molecule has 1 amide bonds. The van der Waals surface area contributed by atoms with Gasteiger partial charge >= 0.3 is 0 Å². The largest absolute Gasteiger partial charge is 0.506 e. The molecule has 3 aliphatic rings. The maximum atomic E-state index is 13.3. The third kappa shape index (κ3) is 4.91. The van der Waals surface area contributed by atoms with Crippen LogP contribution >= 0.6 is 0 Å². The van der Waals surface area contributed by atoms with Gasteiger partial charge in [-0.3, -0.25) is 9.69 Å². The van der Waals surface area contributed by atoms with Crippen molar-refractivity contribution in [3.8, 4) is 5.75 Å². The Hall–Kier alpha value is -1.68. The van der Waals surface area contributed by atoms with E-state index in [1.807, 2.05) is 0 Å². The molecular weight excluding hydrogens is 392 g/mol. The molecule has 0 bridgehead atoms. The van der Waals surface area contributed by atoms with Crippen molar-refractivity contribution in [1.29, 1.82) is 0 Å². The van der Waals surface area contributed by atoms with Crippen LogP contribution in [0.15, 0.2) is 23.1 Å². The normalized spacial score (nSPS) is 22.5. The molecule has 29 heavy (non-hydrogen) atoms. The van der Waals surface area contributed by atoms with Crippen molar-refractivity contribution < 1.29 is 18.3 Å². The number of hydrogen-bond acceptors (Lipinski definition) is 6. The molecule has 1 aromatic carbocycles. The van der Waals surface area contributed by atoms with Gasteiger partial charge in [0.2, 0.25) is 15.9 Å². The zero-order chi connectivity index (χ0) is 20.4. The number of nitrogens with one attached hydrogen (secondary N) is 3. The molecule has 9 heteroatoms. The number of rotatable bonds is 7. The van der Waals surface area contributed by atoms with Gasteiger partial charge in [0, 0.05) is 32.2 Å². The van der Waals surface area contributed by atoms with Gasteiger partial charge < -0.3 is 15.7 Å². The van der Waals surface area contributed by atoms with E-state index in [1.54, 1.807) is 0 Å². The van der Waals surface area contributed by atoms with E-state index in [0.29, 0.717) is 5.92 Å². The molecule has 1 atom stereocenters. The quantitative estimate of drug-likeness (QED) is 0.492. The summed E-state index contributed by atoms with van der Waals surface area (Å²) >= 11 is 0. The highest BCUT2D eigenvalue weighted by atomic mass is 32.2. The van der Waals surface area contributed by atoms with E-state index >= 15 is 0 Å². The monoisotopic (exact) mass is 422 g/mol. The summed E-state index contributed by atoms with van der Waals surface area (Å²) in [4.78, 5) is 15.5. The van der Waals surface area contributed by atoms with E-state index in [0.717, 1.165) is 64.7 Å². The smallest absolute Gasteiger partial charge is 0.242 e. The summed E-state index contributed by atoms with van der Waals surface area (Å²) in [5, 5.41) is 16.4. The van der Waals surface area contributed by atoms with Gasteiger partial charge in [-0.25, -0.2) is 13.1 Å². The number of benzene rings is 1. The Morgan fingerprint density at radius 2 is 1.83 bits per heavy atom. The van der Waals surface area contributed by atoms with Crippen molar-refractivity contribution in [2.24, 2.45) is 5.92 Å². The maximum absolute atomic E-state index is 13.3. The van der Waals surface area contributed by atoms with Crippen molar-refractivity contribution in [2.45, 2.75) is 55.5 Å². The lowest BCUT2D eigenvalue weighted by atomic mass is 9.95. The number of nitrogens with zero attached hydrogens (tertiary/aromatic N) is 1. The Bertz CT molecular complexity index is 844. The topological polar surface area (TPSA) is 111 Å². The predicted molar refractivity (Wildman–Crippen MR) is 110 cm³/mol. The number of hydrogen-bond donors (Lipinski definition) is 4. The summed E-state index contributed by atoms with van der Waals surface area (Å²) in [5.41, 5.74) is 0.145. The molecule has 3 fully saturated rings. The fraction of sp³-hybridized carbons (Fsp3) is 0.650. The molecule has 1 aromatic rings. The van der Waals surface area contributed by atoms with Gasteiger partial charge in [0.05, 0.1) is 16.6 Å². The second kappa shape index (κ2) is 8.59. The second-order valence-electron chi connectivity index (χ2n) is 8.34. The fourth-order valence-electron chi connectivity index (χ4n) is 4.39. The van der Waals surface area contributed by atoms with Crippen molar-refractivity contribution in [1.82, 2.24) is 14.9 Å². The molecule has 0 spiro atoms. The van der Waals surface area contributed by atoms with Crippen molar-refractivity contribution >= 4 is 21.6 Å². The summed E-state index contributed by atoms with van der Waals surface area (Å²) in [6.07, 6.45) is 5.99. The Morgan fingerprint density at radius 1 is 1.14 bits per heavy atom. The lowest BCUT2D eigenvalue weighted by Crippen LogP contribution is -2.55. The molecule has 2 saturated carbocycles. The third-order valence-corrected chi connectivity index (χ3v) is 7.61. The molecule has 4 rings (SSSR count). The minimum Gasteiger partial charge on any atom is -0.506 e. The minimum absolute atomic E-state index is 0.00805. The molecule has 2 aliphatic carbocycles. The van der Waals surface area contributed by atoms with E-state index in [9.17, 15) is 18.3 Å². The van der Waals surface area contributed by atoms with Gasteiger partial charge in [0.1, 0.15) is 5.75 Å². The lowest BCUT2D eigenvalue weighted by Gasteiger charge is -2.37. The number of carbonyl (C=O) groups is 1. The number of amides is 1. The van der Waals surface area contributed by atoms with Crippen LogP contribution in [0.1, 0.15) is 38.5 Å². The van der Waals surface area contributed by atoms with Crippen LogP contribution in [0.2, 0.25) is 0 Å². The number of anilines is 1. The average Bonchev–Trinajstić information content (AvgIpc) is 3.34. The Balaban J connectivity index is 1.54. The number of carbonyl (C=O) groups excluding carboxylic acids is 1. The highest BCUT2D eigenvalue weighted by molar-refractivity contribution is 7.89. The molecule has 1 heterocycles. The number of piperazine rings is 1. The van der Waals surface area contributed by atoms with Gasteiger partial charge in [0.25, 0.3) is 0 Å². The van der Waals surface area contributed by atoms with Crippen LogP contribution in [0.3, 0.4) is 0 Å². The second-order valence-corrected chi connectivity index (χ2v) is 10.1. The van der Waals surface area contributed by atoms with Crippen LogP contribution in [-0.2, 0) is 14.8 Å². The number of phenols is 1. The first kappa shape index (κ1) is 20.6. The van der Waals surface area contributed by atoms with Gasteiger partial charge in [-0.1, -0.05) is 12.8 Å². The summed E-state index contributed by atoms with van der Waals surface area (Å²) in [6.45, 7) is 3.31. The minimum atomic E-state index is -3.66. The van der Waals surface area contributed by atoms with Gasteiger partial charge in [-0.05, 0) is 49.8 Å². The first-order chi connectivity index (χ1) is 13.9. The van der Waals surface area contributed by atoms with Crippen LogP contribution in [0.5, 0.6) is 5.75 Å². The zero-order valence-electron chi connectivity index (χ0n) is 16.6. The van der Waals surface area contributed by atoms with E-state index in [-0.39, 0.29) is 34.3 Å². The molecule has 1 saturated heterocycles. The number of phenolic OH excluding ortho intramolecular Hbond substituents is 1. The summed E-state index contributed by atoms with van der Waals surface area (Å²) in [6, 6.07) is 3.77. The van der Waals surface area contributed by atoms with Crippen LogP contribution in [0.4, 0.5) is 5.69 Å². The van der Waals surface area contributed by atoms with Gasteiger partial charge in [0.15, 0.2) is 0 Å². The Morgan fingerprint density at radius 3 is 2.48 bits per heavy atom. The van der Waals surface area contributed by atoms with E-state index in [1.165, 1.54) is 18.2 Å². The Labute approximate surface area is 172 Å². The molecule has 8 nitrogen and oxygen atoms in total. The lowest BCUT2D eigenvalue weighted by molar-refractivity contribution is -0.123. The van der Waals surface area contributed by atoms with Crippen molar-refractivity contribution in [3.05, 3.63) is 18.2 Å². The number of sulfonamides is 1. The molecule has 160 valence electrons. The first-order valence-electron chi connectivity index (χ1n) is 10.5. The fourth-order valence-corrected chi connectivity index (χ4v) is 5.72. The van der Waals surface area contributed by atoms with Crippen LogP contribution in [0, 0.1) is 5.92 Å². The van der Waals surface area contributed by atoms with Crippen LogP contribution < -0.4 is 15.4 Å². The Kier molecular flexibility index (Phi) is 6.10. The van der Waals surface area contributed by atoms with Crippen molar-refractivity contribution in [2.75, 3.05) is 31.5 Å². The van der Waals surface area contributed by atoms with Crippen LogP contribution in [-0.4, -0.2) is 62.6 Å². The highest BCUT2D eigenvalue weighted by Gasteiger charge is 2.36. The summed E-state index contributed by atoms with van der Waals surface area (Å²) < 4.78 is 27.6. The predicted octanol–water partition coefficient (Wildman–Crippen LogP) is 1.24. The molecule has 1 unspecified atom stereocenters. The van der Waals surface area contributed by atoms with Gasteiger partial charge in [-0.2, -0.15) is 0 Å². The maximum Gasteiger partial charge on any atom is 0.242 e. The molecular formula is C20H30N4O4S. The van der Waals surface area contributed by atoms with Crippen LogP contribution in [0.25, 0.3) is 0 Å². The molecule has 0 radical (unpaired) electrons. The average molecular weight is 423 g/mol. The summed E-state index contributed by atoms with van der Waals surface area (Å²) in [5.74, 6) is -0.00769. The standard InChI is InChI=1S/C20H30N4O4S/c25-18-8-7-16(29(27,28)23-15-5-6-15)13-17(18)22-20(26)19(14-3-1-2-4-14)24-11-9-21-10-12-24/h7-8,13-15,19,21,23,25H,1-6,9-12H2,(H,22,26). The van der Waals surface area contributed by atoms with E-state index in [4.69, 9.17) is 0 Å². The summed E-state index contributed by atoms with van der Waals surface area (Å²) in [7, 11) is -3.66. The van der Waals surface area contributed by atoms with E-state index < -0.39 is 10.0 Å².